The summed E-state index contributed by atoms with van der Waals surface area (Å²) in [5.41, 5.74) is 8.54. The molecule has 4 N–H and O–H groups in total. The van der Waals surface area contributed by atoms with Crippen LogP contribution in [-0.4, -0.2) is 60.9 Å². The molecule has 1 unspecified atom stereocenters. The first-order chi connectivity index (χ1) is 15.7. The fourth-order valence-electron chi connectivity index (χ4n) is 3.92. The number of aromatic nitrogens is 2. The molecule has 0 bridgehead atoms. The minimum absolute atomic E-state index is 0.0231. The van der Waals surface area contributed by atoms with Crippen LogP contribution in [0.15, 0.2) is 24.5 Å². The lowest BCUT2D eigenvalue weighted by atomic mass is 9.97. The molecule has 0 spiro atoms. The fraction of sp³-hybridized carbons (Fsp3) is 0.348. The highest BCUT2D eigenvalue weighted by atomic mass is 19.1. The van der Waals surface area contributed by atoms with E-state index in [0.717, 1.165) is 11.3 Å². The fourth-order valence-corrected chi connectivity index (χ4v) is 3.92. The number of amides is 1. The van der Waals surface area contributed by atoms with E-state index in [1.165, 1.54) is 6.20 Å². The SMILES string of the molecule is Cc1c(-c2cc3cc(NC(=O)OC(C)CN(C)C)ncc3c(N)c2F)cnc2c1NCCO2. The molecule has 1 atom stereocenters. The number of nitrogens with one attached hydrogen (secondary N) is 2. The molecule has 9 nitrogen and oxygen atoms in total. The molecule has 0 saturated carbocycles. The largest absolute Gasteiger partial charge is 0.474 e. The van der Waals surface area contributed by atoms with Crippen LogP contribution in [0.4, 0.5) is 26.4 Å². The topological polar surface area (TPSA) is 115 Å². The van der Waals surface area contributed by atoms with E-state index < -0.39 is 11.9 Å². The number of hydrogen-bond donors (Lipinski definition) is 3. The van der Waals surface area contributed by atoms with Gasteiger partial charge in [0.05, 0.1) is 5.69 Å². The number of pyridine rings is 2. The molecule has 33 heavy (non-hydrogen) atoms. The van der Waals surface area contributed by atoms with Crippen molar-refractivity contribution >= 4 is 34.1 Å². The van der Waals surface area contributed by atoms with Crippen molar-refractivity contribution in [2.45, 2.75) is 20.0 Å². The highest BCUT2D eigenvalue weighted by Crippen LogP contribution is 2.39. The molecule has 4 rings (SSSR count). The Morgan fingerprint density at radius 1 is 1.33 bits per heavy atom. The van der Waals surface area contributed by atoms with Gasteiger partial charge in [-0.25, -0.2) is 19.2 Å². The van der Waals surface area contributed by atoms with Gasteiger partial charge in [0.2, 0.25) is 5.88 Å². The zero-order valence-corrected chi connectivity index (χ0v) is 19.0. The van der Waals surface area contributed by atoms with Crippen LogP contribution in [-0.2, 0) is 4.74 Å². The van der Waals surface area contributed by atoms with Gasteiger partial charge in [0.25, 0.3) is 0 Å². The van der Waals surface area contributed by atoms with E-state index in [2.05, 4.69) is 20.6 Å². The van der Waals surface area contributed by atoms with Gasteiger partial charge in [0.15, 0.2) is 5.82 Å². The standard InChI is InChI=1S/C23H27FN6O3/c1-12(11-30(3)4)33-23(31)29-18-8-14-7-15(19(24)20(25)17(14)10-27-18)16-9-28-22-21(13(16)2)26-5-6-32-22/h7-10,12,26H,5-6,11,25H2,1-4H3,(H,27,29,31). The summed E-state index contributed by atoms with van der Waals surface area (Å²) in [4.78, 5) is 22.7. The van der Waals surface area contributed by atoms with Gasteiger partial charge in [-0.2, -0.15) is 0 Å². The van der Waals surface area contributed by atoms with E-state index in [0.29, 0.717) is 47.5 Å². The Morgan fingerprint density at radius 2 is 2.12 bits per heavy atom. The molecular formula is C23H27FN6O3. The summed E-state index contributed by atoms with van der Waals surface area (Å²) in [5.74, 6) is 0.217. The van der Waals surface area contributed by atoms with Gasteiger partial charge < -0.3 is 25.4 Å². The Kier molecular flexibility index (Phi) is 6.19. The van der Waals surface area contributed by atoms with Gasteiger partial charge in [-0.1, -0.05) is 0 Å². The molecule has 10 heteroatoms. The van der Waals surface area contributed by atoms with E-state index in [1.807, 2.05) is 25.9 Å². The smallest absolute Gasteiger partial charge is 0.413 e. The number of nitrogens with two attached hydrogens (primary N) is 1. The van der Waals surface area contributed by atoms with Crippen LogP contribution >= 0.6 is 0 Å². The lowest BCUT2D eigenvalue weighted by Crippen LogP contribution is -2.29. The summed E-state index contributed by atoms with van der Waals surface area (Å²) in [6.45, 7) is 5.44. The van der Waals surface area contributed by atoms with Crippen molar-refractivity contribution in [3.05, 3.63) is 35.9 Å². The first kappa shape index (κ1) is 22.5. The minimum Gasteiger partial charge on any atom is -0.474 e. The highest BCUT2D eigenvalue weighted by Gasteiger charge is 2.21. The molecule has 1 aliphatic rings. The summed E-state index contributed by atoms with van der Waals surface area (Å²) in [6.07, 6.45) is 2.10. The number of rotatable bonds is 5. The number of carbonyl (C=O) groups is 1. The molecule has 0 radical (unpaired) electrons. The number of nitrogen functional groups attached to an aromatic ring is 1. The van der Waals surface area contributed by atoms with Crippen molar-refractivity contribution in [1.82, 2.24) is 14.9 Å². The van der Waals surface area contributed by atoms with Crippen LogP contribution in [0.1, 0.15) is 12.5 Å². The molecule has 1 aliphatic heterocycles. The van der Waals surface area contributed by atoms with Crippen molar-refractivity contribution in [3.8, 4) is 17.0 Å². The van der Waals surface area contributed by atoms with E-state index in [1.54, 1.807) is 25.3 Å². The quantitative estimate of drug-likeness (QED) is 0.501. The number of halogens is 1. The monoisotopic (exact) mass is 454 g/mol. The van der Waals surface area contributed by atoms with Crippen LogP contribution in [0.5, 0.6) is 5.88 Å². The molecule has 174 valence electrons. The third-order valence-corrected chi connectivity index (χ3v) is 5.40. The molecule has 3 aromatic rings. The molecule has 0 fully saturated rings. The second-order valence-corrected chi connectivity index (χ2v) is 8.30. The van der Waals surface area contributed by atoms with Crippen LogP contribution < -0.4 is 21.1 Å². The van der Waals surface area contributed by atoms with Crippen LogP contribution in [0.25, 0.3) is 21.9 Å². The zero-order chi connectivity index (χ0) is 23.7. The predicted molar refractivity (Wildman–Crippen MR) is 126 cm³/mol. The zero-order valence-electron chi connectivity index (χ0n) is 19.0. The van der Waals surface area contributed by atoms with Crippen LogP contribution in [0.2, 0.25) is 0 Å². The number of hydrogen-bond acceptors (Lipinski definition) is 8. The second-order valence-electron chi connectivity index (χ2n) is 8.30. The van der Waals surface area contributed by atoms with Crippen molar-refractivity contribution in [2.75, 3.05) is 50.2 Å². The minimum atomic E-state index is -0.618. The lowest BCUT2D eigenvalue weighted by Gasteiger charge is -2.22. The Hall–Kier alpha value is -3.66. The molecule has 1 amide bonds. The van der Waals surface area contributed by atoms with Crippen molar-refractivity contribution in [2.24, 2.45) is 0 Å². The van der Waals surface area contributed by atoms with Crippen LogP contribution in [0, 0.1) is 12.7 Å². The molecule has 0 aliphatic carbocycles. The van der Waals surface area contributed by atoms with E-state index in [4.69, 9.17) is 15.2 Å². The number of nitrogens with zero attached hydrogens (tertiary/aromatic N) is 3. The molecular weight excluding hydrogens is 427 g/mol. The Bertz CT molecular complexity index is 1220. The van der Waals surface area contributed by atoms with E-state index in [9.17, 15) is 4.79 Å². The third-order valence-electron chi connectivity index (χ3n) is 5.40. The molecule has 2 aromatic heterocycles. The lowest BCUT2D eigenvalue weighted by molar-refractivity contribution is 0.103. The highest BCUT2D eigenvalue weighted by molar-refractivity contribution is 5.99. The first-order valence-corrected chi connectivity index (χ1v) is 10.6. The summed E-state index contributed by atoms with van der Waals surface area (Å²) >= 11 is 0. The Morgan fingerprint density at radius 3 is 2.88 bits per heavy atom. The maximum Gasteiger partial charge on any atom is 0.413 e. The second kappa shape index (κ2) is 9.07. The Balaban J connectivity index is 1.67. The Labute approximate surface area is 191 Å². The summed E-state index contributed by atoms with van der Waals surface area (Å²) in [5, 5.41) is 6.94. The third kappa shape index (κ3) is 4.61. The average Bonchev–Trinajstić information content (AvgIpc) is 2.76. The molecule has 1 aromatic carbocycles. The number of carbonyl (C=O) groups excluding carboxylic acids is 1. The van der Waals surface area contributed by atoms with Gasteiger partial charge in [0.1, 0.15) is 24.2 Å². The van der Waals surface area contributed by atoms with Gasteiger partial charge in [-0.05, 0) is 51.0 Å². The summed E-state index contributed by atoms with van der Waals surface area (Å²) in [7, 11) is 3.79. The normalized spacial score (nSPS) is 13.8. The number of ether oxygens (including phenoxy) is 2. The summed E-state index contributed by atoms with van der Waals surface area (Å²) in [6, 6.07) is 3.31. The maximum absolute atomic E-state index is 15.3. The van der Waals surface area contributed by atoms with Gasteiger partial charge in [-0.15, -0.1) is 0 Å². The number of anilines is 3. The van der Waals surface area contributed by atoms with Crippen molar-refractivity contribution < 1.29 is 18.7 Å². The van der Waals surface area contributed by atoms with Crippen molar-refractivity contribution in [1.29, 1.82) is 0 Å². The number of fused-ring (bicyclic) bond motifs is 2. The van der Waals surface area contributed by atoms with Crippen LogP contribution in [0.3, 0.4) is 0 Å². The maximum atomic E-state index is 15.3. The van der Waals surface area contributed by atoms with E-state index >= 15 is 4.39 Å². The number of likely N-dealkylation sites (N-methyl/N-ethyl adjacent to an activating group) is 1. The summed E-state index contributed by atoms with van der Waals surface area (Å²) < 4.78 is 26.2. The van der Waals surface area contributed by atoms with Gasteiger partial charge >= 0.3 is 6.09 Å². The van der Waals surface area contributed by atoms with Gasteiger partial charge in [0, 0.05) is 42.0 Å². The predicted octanol–water partition coefficient (Wildman–Crippen LogP) is 3.63. The number of benzene rings is 1. The van der Waals surface area contributed by atoms with Crippen molar-refractivity contribution in [3.63, 3.8) is 0 Å². The average molecular weight is 455 g/mol. The molecule has 3 heterocycles. The van der Waals surface area contributed by atoms with E-state index in [-0.39, 0.29) is 17.6 Å². The molecule has 0 saturated heterocycles. The van der Waals surface area contributed by atoms with Gasteiger partial charge in [-0.3, -0.25) is 5.32 Å². The first-order valence-electron chi connectivity index (χ1n) is 10.6.